The summed E-state index contributed by atoms with van der Waals surface area (Å²) in [6, 6.07) is 131. The number of pyridine rings is 8. The van der Waals surface area contributed by atoms with Crippen LogP contribution in [0, 0.1) is 48.5 Å². The Balaban J connectivity index is 0.000000161. The minimum Gasteiger partial charge on any atom is -0.305 e. The van der Waals surface area contributed by atoms with E-state index in [-0.39, 0.29) is 80.4 Å². The van der Waals surface area contributed by atoms with Crippen molar-refractivity contribution in [1.82, 2.24) is 79.7 Å². The van der Waals surface area contributed by atoms with Crippen molar-refractivity contribution in [2.75, 3.05) is 0 Å². The topological polar surface area (TPSA) is 206 Å². The fourth-order valence-electron chi connectivity index (χ4n) is 11.1. The van der Waals surface area contributed by atoms with E-state index in [1.54, 1.807) is 92.8 Å². The molecule has 0 aliphatic rings. The third-order valence-electron chi connectivity index (χ3n) is 17.0. The Morgan fingerprint density at radius 2 is 0.435 bits per heavy atom. The molecule has 0 aliphatic heterocycles. The van der Waals surface area contributed by atoms with E-state index >= 15 is 0 Å². The fourth-order valence-corrected chi connectivity index (χ4v) is 11.1. The Hall–Kier alpha value is -14.1. The predicted molar refractivity (Wildman–Crippen MR) is 472 cm³/mol. The van der Waals surface area contributed by atoms with Gasteiger partial charge in [0, 0.05) is 201 Å². The van der Waals surface area contributed by atoms with E-state index in [1.165, 1.54) is 12.7 Å². The molecule has 0 unspecified atom stereocenters. The van der Waals surface area contributed by atoms with Crippen molar-refractivity contribution < 1.29 is 80.4 Å². The maximum atomic E-state index is 4.44. The molecule has 0 saturated carbocycles. The van der Waals surface area contributed by atoms with Gasteiger partial charge in [-0.1, -0.05) is 97.1 Å². The molecule has 20 heteroatoms. The second-order valence-electron chi connectivity index (χ2n) is 25.2. The minimum absolute atomic E-state index is 0. The third-order valence-corrected chi connectivity index (χ3v) is 17.0. The van der Waals surface area contributed by atoms with Crippen LogP contribution in [-0.2, 0) is 80.4 Å². The zero-order chi connectivity index (χ0) is 81.7. The molecule has 8 aromatic carbocycles. The van der Waals surface area contributed by atoms with Gasteiger partial charge in [0.05, 0.1) is 17.6 Å². The molecule has 124 heavy (non-hydrogen) atoms. The van der Waals surface area contributed by atoms with Gasteiger partial charge in [0.1, 0.15) is 12.7 Å². The van der Waals surface area contributed by atoms with Crippen LogP contribution in [0.25, 0.3) is 135 Å². The molecule has 12 aromatic heterocycles. The monoisotopic (exact) mass is 2320 g/mol. The van der Waals surface area contributed by atoms with Crippen LogP contribution in [0.3, 0.4) is 0 Å². The van der Waals surface area contributed by atoms with Gasteiger partial charge in [0.15, 0.2) is 5.82 Å². The van der Waals surface area contributed by atoms with Gasteiger partial charge in [-0.3, -0.25) is 9.97 Å². The minimum atomic E-state index is 0. The molecule has 0 N–H and O–H groups in total. The molecule has 20 aromatic rings. The van der Waals surface area contributed by atoms with Crippen molar-refractivity contribution >= 4 is 0 Å². The van der Waals surface area contributed by atoms with Crippen LogP contribution in [-0.4, -0.2) is 79.7 Å². The maximum Gasteiger partial charge on any atom is 0.160 e. The predicted octanol–water partition coefficient (Wildman–Crippen LogP) is 22.2. The van der Waals surface area contributed by atoms with E-state index in [2.05, 4.69) is 128 Å². The Morgan fingerprint density at radius 3 is 0.702 bits per heavy atom. The average molecular weight is 2310 g/mol. The van der Waals surface area contributed by atoms with Crippen molar-refractivity contribution in [3.05, 3.63) is 488 Å². The van der Waals surface area contributed by atoms with E-state index in [0.29, 0.717) is 5.82 Å². The number of rotatable bonds is 12. The van der Waals surface area contributed by atoms with Gasteiger partial charge in [0.25, 0.3) is 0 Å². The number of aromatic nitrogens is 16. The first-order chi connectivity index (χ1) is 59.6. The van der Waals surface area contributed by atoms with E-state index in [9.17, 15) is 0 Å². The molecule has 0 spiro atoms. The van der Waals surface area contributed by atoms with Crippen molar-refractivity contribution in [1.29, 1.82) is 0 Å². The zero-order valence-corrected chi connectivity index (χ0v) is 75.6. The summed E-state index contributed by atoms with van der Waals surface area (Å²) in [5, 5.41) is 0. The van der Waals surface area contributed by atoms with Crippen LogP contribution >= 0.6 is 0 Å². The van der Waals surface area contributed by atoms with Crippen LogP contribution in [0.15, 0.2) is 439 Å². The maximum absolute atomic E-state index is 4.44. The van der Waals surface area contributed by atoms with Crippen molar-refractivity contribution in [3.8, 4) is 135 Å². The van der Waals surface area contributed by atoms with Gasteiger partial charge in [-0.25, -0.2) is 29.9 Å². The summed E-state index contributed by atoms with van der Waals surface area (Å²) in [6.45, 7) is 0. The molecule has 0 bridgehead atoms. The Labute approximate surface area is 776 Å². The van der Waals surface area contributed by atoms with Gasteiger partial charge in [-0.05, 0) is 81.9 Å². The molecule has 0 atom stereocenters. The molecule has 0 saturated heterocycles. The number of benzene rings is 8. The Kier molecular flexibility index (Phi) is 40.5. The molecule has 12 heterocycles. The summed E-state index contributed by atoms with van der Waals surface area (Å²) in [5.74, 6) is 0.689. The Bertz CT molecular complexity index is 5000. The average Bonchev–Trinajstić information content (AvgIpc) is 0.845. The quantitative estimate of drug-likeness (QED) is 0.104. The normalized spacial score (nSPS) is 9.68. The smallest absolute Gasteiger partial charge is 0.160 e. The first-order valence-electron chi connectivity index (χ1n) is 37.9. The summed E-state index contributed by atoms with van der Waals surface area (Å²) in [4.78, 5) is 67.3. The summed E-state index contributed by atoms with van der Waals surface area (Å²) in [7, 11) is 0. The first-order valence-corrected chi connectivity index (χ1v) is 37.9. The van der Waals surface area contributed by atoms with Crippen LogP contribution in [0.2, 0.25) is 0 Å². The summed E-state index contributed by atoms with van der Waals surface area (Å²) >= 11 is 0. The van der Waals surface area contributed by atoms with Gasteiger partial charge in [-0.2, -0.15) is 0 Å². The van der Waals surface area contributed by atoms with E-state index < -0.39 is 0 Å². The second kappa shape index (κ2) is 53.5. The zero-order valence-electron chi connectivity index (χ0n) is 66.1. The molecular weight excluding hydrogens is 2240 g/mol. The molecule has 20 rings (SSSR count). The van der Waals surface area contributed by atoms with E-state index in [4.69, 9.17) is 0 Å². The van der Waals surface area contributed by atoms with Gasteiger partial charge in [-0.15, -0.1) is 287 Å². The molecular formula is C104H72Ir4N16-8. The molecule has 0 aliphatic carbocycles. The van der Waals surface area contributed by atoms with Crippen LogP contribution in [0.5, 0.6) is 0 Å². The molecule has 0 fully saturated rings. The molecule has 612 valence electrons. The summed E-state index contributed by atoms with van der Waals surface area (Å²) < 4.78 is 0. The van der Waals surface area contributed by atoms with Gasteiger partial charge in [0.2, 0.25) is 0 Å². The molecule has 0 amide bonds. The summed E-state index contributed by atoms with van der Waals surface area (Å²) in [6.07, 6.45) is 31.2. The Morgan fingerprint density at radius 1 is 0.145 bits per heavy atom. The van der Waals surface area contributed by atoms with Crippen molar-refractivity contribution in [2.45, 2.75) is 0 Å². The standard InChI is InChI=1S/4C15H10N3.4C11H8N.4Ir/c1-2-5-12(6-3-1)14-8-7-13(11-18-14)15-16-9-4-10-17-15;1-2-4-12(5-3-1)15-7-6-13(10-18-15)14-8-16-11-17-9-14;1-2-4-12(5-3-1)14-7-6-13(10-18-14)15-11-16-8-9-17-15;1-2-4-12(5-3-1)14-7-6-13(10-17-14)15-8-9-16-11-18-15;4*1-2-6-10(7-3-1)11-8-4-5-9-12-11;;;;/h1-5,7-11H;3*1-4,6-11H;4*1-6,8-9H;;;;/q8*-1;;;;. The second-order valence-corrected chi connectivity index (χ2v) is 25.2. The third kappa shape index (κ3) is 30.2. The van der Waals surface area contributed by atoms with Gasteiger partial charge >= 0.3 is 0 Å². The van der Waals surface area contributed by atoms with E-state index in [0.717, 1.165) is 129 Å². The number of nitrogens with zero attached hydrogens (tertiary/aromatic N) is 16. The summed E-state index contributed by atoms with van der Waals surface area (Å²) in [5.41, 5.74) is 22.2. The van der Waals surface area contributed by atoms with Crippen LogP contribution < -0.4 is 0 Å². The number of hydrogen-bond donors (Lipinski definition) is 0. The van der Waals surface area contributed by atoms with E-state index in [1.807, 2.05) is 334 Å². The largest absolute Gasteiger partial charge is 0.305 e. The van der Waals surface area contributed by atoms with Crippen molar-refractivity contribution in [2.24, 2.45) is 0 Å². The van der Waals surface area contributed by atoms with Gasteiger partial charge < -0.3 is 39.9 Å². The van der Waals surface area contributed by atoms with Crippen LogP contribution in [0.4, 0.5) is 0 Å². The fraction of sp³-hybridized carbons (Fsp3) is 0. The van der Waals surface area contributed by atoms with Crippen molar-refractivity contribution in [3.63, 3.8) is 0 Å². The molecule has 16 nitrogen and oxygen atoms in total. The van der Waals surface area contributed by atoms with Crippen LogP contribution in [0.1, 0.15) is 0 Å². The number of hydrogen-bond acceptors (Lipinski definition) is 16. The first kappa shape index (κ1) is 93.7. The SMILES string of the molecule is [Ir].[Ir].[Ir].[Ir].[c-]1ccccc1-c1ccc(-c2ccncn2)cn1.[c-]1ccccc1-c1ccc(-c2cnccn2)cn1.[c-]1ccccc1-c1ccc(-c2cncnc2)cn1.[c-]1ccccc1-c1ccc(-c2ncccn2)cn1.[c-]1ccccc1-c1ccccn1.[c-]1ccccc1-c1ccccn1.[c-]1ccccc1-c1ccccn1.[c-]1ccccc1-c1ccccn1. The molecule has 4 radical (unpaired) electrons.